The Morgan fingerprint density at radius 2 is 1.55 bits per heavy atom. The Kier molecular flexibility index (Phi) is 11.7. The van der Waals surface area contributed by atoms with Crippen molar-refractivity contribution >= 4 is 32.6 Å². The van der Waals surface area contributed by atoms with E-state index in [0.717, 1.165) is 29.6 Å². The first kappa shape index (κ1) is 37.8. The van der Waals surface area contributed by atoms with Crippen LogP contribution in [0.2, 0.25) is 0 Å². The molecule has 0 saturated carbocycles. The van der Waals surface area contributed by atoms with Gasteiger partial charge in [0.1, 0.15) is 0 Å². The van der Waals surface area contributed by atoms with Crippen LogP contribution in [0.4, 0.5) is 0 Å². The average Bonchev–Trinajstić information content (AvgIpc) is 3.57. The second-order valence-electron chi connectivity index (χ2n) is 14.4. The highest BCUT2D eigenvalue weighted by molar-refractivity contribution is 7.89. The Hall–Kier alpha value is -4.45. The Morgan fingerprint density at radius 3 is 2.29 bits per heavy atom. The number of carbonyl (C=O) groups excluding carboxylic acids is 2. The molecule has 10 nitrogen and oxygen atoms in total. The number of sulfonamides is 1. The van der Waals surface area contributed by atoms with Crippen LogP contribution in [0.25, 0.3) is 10.8 Å². The molecule has 0 bridgehead atoms. The molecule has 2 atom stereocenters. The fourth-order valence-electron chi connectivity index (χ4n) is 6.51. The number of fused-ring (bicyclic) bond motifs is 2. The topological polar surface area (TPSA) is 126 Å². The van der Waals surface area contributed by atoms with Gasteiger partial charge < -0.3 is 20.1 Å². The quantitative estimate of drug-likeness (QED) is 0.133. The molecule has 1 aliphatic rings. The van der Waals surface area contributed by atoms with Crippen LogP contribution in [-0.4, -0.2) is 56.1 Å². The van der Waals surface area contributed by atoms with Gasteiger partial charge in [0.15, 0.2) is 11.5 Å². The van der Waals surface area contributed by atoms with Gasteiger partial charge in [-0.15, -0.1) is 0 Å². The number of nitrogens with zero attached hydrogens (tertiary/aromatic N) is 1. The van der Waals surface area contributed by atoms with Crippen LogP contribution in [0.3, 0.4) is 0 Å². The molecule has 3 N–H and O–H groups in total. The van der Waals surface area contributed by atoms with Gasteiger partial charge >= 0.3 is 0 Å². The van der Waals surface area contributed by atoms with Gasteiger partial charge in [-0.2, -0.15) is 0 Å². The van der Waals surface area contributed by atoms with E-state index >= 15 is 0 Å². The number of carbonyl (C=O) groups is 2. The minimum atomic E-state index is -4.10. The van der Waals surface area contributed by atoms with E-state index in [1.165, 1.54) is 0 Å². The molecule has 1 heterocycles. The Morgan fingerprint density at radius 1 is 0.843 bits per heavy atom. The van der Waals surface area contributed by atoms with E-state index < -0.39 is 21.6 Å². The monoisotopic (exact) mass is 714 g/mol. The maximum atomic E-state index is 14.1. The zero-order valence-corrected chi connectivity index (χ0v) is 31.2. The van der Waals surface area contributed by atoms with Crippen molar-refractivity contribution in [3.05, 3.63) is 102 Å². The first-order chi connectivity index (χ1) is 24.2. The van der Waals surface area contributed by atoms with Gasteiger partial charge in [0.25, 0.3) is 0 Å². The normalized spacial score (nSPS) is 14.6. The number of ether oxygens (including phenoxy) is 2. The van der Waals surface area contributed by atoms with E-state index in [1.807, 2.05) is 37.3 Å². The van der Waals surface area contributed by atoms with Crippen LogP contribution in [-0.2, 0) is 32.6 Å². The third kappa shape index (κ3) is 9.66. The molecule has 2 unspecified atom stereocenters. The Bertz CT molecular complexity index is 1970. The van der Waals surface area contributed by atoms with Crippen molar-refractivity contribution < 1.29 is 27.5 Å². The molecular formula is C40H50N4O6S. The average molecular weight is 715 g/mol. The minimum absolute atomic E-state index is 0.00131. The van der Waals surface area contributed by atoms with Crippen LogP contribution in [0.5, 0.6) is 11.5 Å². The Labute approximate surface area is 302 Å². The number of nitrogens with one attached hydrogen (secondary N) is 3. The number of benzene rings is 4. The van der Waals surface area contributed by atoms with E-state index in [4.69, 9.17) is 9.47 Å². The van der Waals surface area contributed by atoms with E-state index in [-0.39, 0.29) is 42.0 Å². The first-order valence-corrected chi connectivity index (χ1v) is 19.0. The van der Waals surface area contributed by atoms with Crippen LogP contribution >= 0.6 is 0 Å². The predicted octanol–water partition coefficient (Wildman–Crippen LogP) is 6.24. The molecule has 0 radical (unpaired) electrons. The smallest absolute Gasteiger partial charge is 0.241 e. The zero-order chi connectivity index (χ0) is 36.8. The summed E-state index contributed by atoms with van der Waals surface area (Å²) in [7, 11) is -4.10. The summed E-state index contributed by atoms with van der Waals surface area (Å²) in [4.78, 5) is 29.0. The van der Waals surface area contributed by atoms with Crippen LogP contribution < -0.4 is 24.8 Å². The van der Waals surface area contributed by atoms with Gasteiger partial charge in [-0.05, 0) is 80.9 Å². The lowest BCUT2D eigenvalue weighted by atomic mass is 9.90. The largest absolute Gasteiger partial charge is 0.454 e. The van der Waals surface area contributed by atoms with Crippen molar-refractivity contribution in [2.24, 2.45) is 0 Å². The standard InChI is InChI=1S/C40H50N4O6S/c1-7-37(45)41-26-40(6,24-28-13-11-14-29(21-28)25-44(8-2)39(3,4)5)42-38(46)23-33(31-19-20-34-35(22-31)50-27-49-34)43-51(47,48)36-18-12-16-30-15-9-10-17-32(30)36/h9-22,33,43H,7-8,23-27H2,1-6H3,(H,41,45)(H,42,46). The molecule has 51 heavy (non-hydrogen) atoms. The van der Waals surface area contributed by atoms with Gasteiger partial charge in [-0.3, -0.25) is 14.5 Å². The third-order valence-corrected chi connectivity index (χ3v) is 10.8. The highest BCUT2D eigenvalue weighted by atomic mass is 32.2. The SMILES string of the molecule is CCC(=O)NCC(C)(Cc1cccc(CN(CC)C(C)(C)C)c1)NC(=O)CC(NS(=O)(=O)c1cccc2ccccc12)c1ccc2c(c1)OCO2. The van der Waals surface area contributed by atoms with Crippen LogP contribution in [0.1, 0.15) is 77.1 Å². The lowest BCUT2D eigenvalue weighted by Gasteiger charge is -2.35. The van der Waals surface area contributed by atoms with E-state index in [1.54, 1.807) is 49.4 Å². The summed E-state index contributed by atoms with van der Waals surface area (Å²) in [5, 5.41) is 7.49. The molecule has 4 aromatic carbocycles. The number of hydrogen-bond acceptors (Lipinski definition) is 7. The molecule has 0 aromatic heterocycles. The fourth-order valence-corrected chi connectivity index (χ4v) is 7.97. The summed E-state index contributed by atoms with van der Waals surface area (Å²) in [6.45, 7) is 14.3. The molecule has 1 aliphatic heterocycles. The fraction of sp³-hybridized carbons (Fsp3) is 0.400. The summed E-state index contributed by atoms with van der Waals surface area (Å²) in [6, 6.07) is 24.9. The summed E-state index contributed by atoms with van der Waals surface area (Å²) >= 11 is 0. The third-order valence-electron chi connectivity index (χ3n) is 9.25. The minimum Gasteiger partial charge on any atom is -0.454 e. The van der Waals surface area contributed by atoms with Gasteiger partial charge in [0.05, 0.1) is 16.5 Å². The lowest BCUT2D eigenvalue weighted by molar-refractivity contribution is -0.125. The molecule has 0 spiro atoms. The van der Waals surface area contributed by atoms with Crippen LogP contribution in [0, 0.1) is 0 Å². The van der Waals surface area contributed by atoms with Crippen molar-refractivity contribution in [2.75, 3.05) is 19.9 Å². The molecule has 11 heteroatoms. The molecule has 2 amide bonds. The maximum Gasteiger partial charge on any atom is 0.241 e. The molecule has 0 fully saturated rings. The second-order valence-corrected chi connectivity index (χ2v) is 16.1. The lowest BCUT2D eigenvalue weighted by Crippen LogP contribution is -2.55. The van der Waals surface area contributed by atoms with E-state index in [2.05, 4.69) is 60.1 Å². The Balaban J connectivity index is 1.42. The van der Waals surface area contributed by atoms with Gasteiger partial charge in [-0.25, -0.2) is 13.1 Å². The molecular weight excluding hydrogens is 665 g/mol. The molecule has 0 aliphatic carbocycles. The predicted molar refractivity (Wildman–Crippen MR) is 200 cm³/mol. The van der Waals surface area contributed by atoms with E-state index in [9.17, 15) is 18.0 Å². The highest BCUT2D eigenvalue weighted by Crippen LogP contribution is 2.36. The second kappa shape index (κ2) is 15.8. The molecule has 4 aromatic rings. The summed E-state index contributed by atoms with van der Waals surface area (Å²) in [5.41, 5.74) is 1.83. The summed E-state index contributed by atoms with van der Waals surface area (Å²) in [5.74, 6) is 0.508. The molecule has 5 rings (SSSR count). The molecule has 0 saturated heterocycles. The van der Waals surface area contributed by atoms with Gasteiger partial charge in [0, 0.05) is 36.9 Å². The number of amides is 2. The maximum absolute atomic E-state index is 14.1. The van der Waals surface area contributed by atoms with Crippen molar-refractivity contribution in [2.45, 2.75) is 89.4 Å². The highest BCUT2D eigenvalue weighted by Gasteiger charge is 2.32. The number of hydrogen-bond donors (Lipinski definition) is 3. The summed E-state index contributed by atoms with van der Waals surface area (Å²) in [6.07, 6.45) is 0.536. The van der Waals surface area contributed by atoms with Crippen molar-refractivity contribution in [1.82, 2.24) is 20.3 Å². The van der Waals surface area contributed by atoms with E-state index in [0.29, 0.717) is 35.3 Å². The van der Waals surface area contributed by atoms with Crippen molar-refractivity contribution in [3.8, 4) is 11.5 Å². The van der Waals surface area contributed by atoms with Gasteiger partial charge in [-0.1, -0.05) is 80.6 Å². The van der Waals surface area contributed by atoms with Crippen molar-refractivity contribution in [3.63, 3.8) is 0 Å². The van der Waals surface area contributed by atoms with Gasteiger partial charge in [0.2, 0.25) is 28.6 Å². The zero-order valence-electron chi connectivity index (χ0n) is 30.4. The number of rotatable bonds is 15. The van der Waals surface area contributed by atoms with Crippen molar-refractivity contribution in [1.29, 1.82) is 0 Å². The summed E-state index contributed by atoms with van der Waals surface area (Å²) < 4.78 is 41.9. The first-order valence-electron chi connectivity index (χ1n) is 17.5. The molecule has 272 valence electrons. The van der Waals surface area contributed by atoms with Crippen LogP contribution in [0.15, 0.2) is 89.8 Å².